The quantitative estimate of drug-likeness (QED) is 0.435. The number of pyridine rings is 1. The lowest BCUT2D eigenvalue weighted by atomic mass is 9.88. The van der Waals surface area contributed by atoms with Crippen molar-refractivity contribution in [3.8, 4) is 0 Å². The first-order chi connectivity index (χ1) is 12.0. The highest BCUT2D eigenvalue weighted by molar-refractivity contribution is 9.10. The van der Waals surface area contributed by atoms with Crippen LogP contribution in [0.1, 0.15) is 23.2 Å². The van der Waals surface area contributed by atoms with Crippen molar-refractivity contribution in [2.45, 2.75) is 12.8 Å². The summed E-state index contributed by atoms with van der Waals surface area (Å²) in [5.41, 5.74) is 0.932. The van der Waals surface area contributed by atoms with Crippen LogP contribution in [0.25, 0.3) is 0 Å². The minimum atomic E-state index is -0.456. The number of anilines is 1. The van der Waals surface area contributed by atoms with Gasteiger partial charge in [0.1, 0.15) is 17.7 Å². The predicted octanol–water partition coefficient (Wildman–Crippen LogP) is 3.99. The maximum Gasteiger partial charge on any atom is 0.311 e. The van der Waals surface area contributed by atoms with E-state index < -0.39 is 4.92 Å². The van der Waals surface area contributed by atoms with Crippen molar-refractivity contribution in [2.24, 2.45) is 5.92 Å². The van der Waals surface area contributed by atoms with Gasteiger partial charge in [-0.25, -0.2) is 4.39 Å². The smallest absolute Gasteiger partial charge is 0.311 e. The highest BCUT2D eigenvalue weighted by atomic mass is 79.9. The Morgan fingerprint density at radius 1 is 1.24 bits per heavy atom. The molecule has 1 aromatic carbocycles. The Kier molecular flexibility index (Phi) is 5.08. The second-order valence-corrected chi connectivity index (χ2v) is 6.73. The molecule has 2 aromatic rings. The number of nitrogens with zero attached hydrogens (tertiary/aromatic N) is 3. The van der Waals surface area contributed by atoms with Gasteiger partial charge in [0.2, 0.25) is 0 Å². The SMILES string of the molecule is O=C(c1ccc(F)cc1)C1CCN(c2c(Br)cncc2[N+](=O)[O-])CC1. The molecule has 1 aliphatic rings. The van der Waals surface area contributed by atoms with Gasteiger partial charge in [-0.2, -0.15) is 0 Å². The number of benzene rings is 1. The van der Waals surface area contributed by atoms with Gasteiger partial charge in [0.15, 0.2) is 5.78 Å². The van der Waals surface area contributed by atoms with Gasteiger partial charge in [-0.05, 0) is 53.0 Å². The first kappa shape index (κ1) is 17.5. The highest BCUT2D eigenvalue weighted by Crippen LogP contribution is 2.37. The van der Waals surface area contributed by atoms with Crippen molar-refractivity contribution >= 4 is 33.1 Å². The van der Waals surface area contributed by atoms with E-state index >= 15 is 0 Å². The van der Waals surface area contributed by atoms with Crippen LogP contribution in [0.2, 0.25) is 0 Å². The Morgan fingerprint density at radius 3 is 2.48 bits per heavy atom. The van der Waals surface area contributed by atoms with Crippen LogP contribution in [0.5, 0.6) is 0 Å². The van der Waals surface area contributed by atoms with Crippen molar-refractivity contribution < 1.29 is 14.1 Å². The molecule has 0 aliphatic carbocycles. The van der Waals surface area contributed by atoms with Crippen LogP contribution in [0, 0.1) is 21.8 Å². The molecule has 0 spiro atoms. The van der Waals surface area contributed by atoms with Crippen molar-refractivity contribution in [2.75, 3.05) is 18.0 Å². The molecule has 2 heterocycles. The molecule has 0 saturated carbocycles. The minimum absolute atomic E-state index is 0.0112. The van der Waals surface area contributed by atoms with Crippen LogP contribution >= 0.6 is 15.9 Å². The van der Waals surface area contributed by atoms with Gasteiger partial charge in [-0.15, -0.1) is 0 Å². The van der Waals surface area contributed by atoms with Gasteiger partial charge >= 0.3 is 5.69 Å². The third-order valence-corrected chi connectivity index (χ3v) is 4.94. The first-order valence-electron chi connectivity index (χ1n) is 7.80. The number of piperidine rings is 1. The summed E-state index contributed by atoms with van der Waals surface area (Å²) in [7, 11) is 0. The van der Waals surface area contributed by atoms with Gasteiger partial charge in [-0.1, -0.05) is 0 Å². The summed E-state index contributed by atoms with van der Waals surface area (Å²) < 4.78 is 13.5. The summed E-state index contributed by atoms with van der Waals surface area (Å²) in [5, 5.41) is 11.2. The molecular weight excluding hydrogens is 393 g/mol. The van der Waals surface area contributed by atoms with Gasteiger partial charge < -0.3 is 4.90 Å². The van der Waals surface area contributed by atoms with Crippen molar-refractivity contribution in [1.82, 2.24) is 4.98 Å². The fourth-order valence-corrected chi connectivity index (χ4v) is 3.65. The lowest BCUT2D eigenvalue weighted by molar-refractivity contribution is -0.384. The Bertz CT molecular complexity index is 805. The molecule has 1 fully saturated rings. The molecule has 0 amide bonds. The van der Waals surface area contributed by atoms with Crippen molar-refractivity contribution in [1.29, 1.82) is 0 Å². The Hall–Kier alpha value is -2.35. The summed E-state index contributed by atoms with van der Waals surface area (Å²) in [5.74, 6) is -0.550. The van der Waals surface area contributed by atoms with E-state index in [1.54, 1.807) is 0 Å². The van der Waals surface area contributed by atoms with Gasteiger partial charge in [0, 0.05) is 30.8 Å². The largest absolute Gasteiger partial charge is 0.365 e. The second kappa shape index (κ2) is 7.26. The third-order valence-electron chi connectivity index (χ3n) is 4.36. The molecule has 25 heavy (non-hydrogen) atoms. The molecule has 0 atom stereocenters. The lowest BCUT2D eigenvalue weighted by Crippen LogP contribution is -2.37. The molecule has 8 heteroatoms. The van der Waals surface area contributed by atoms with Crippen LogP contribution in [0.4, 0.5) is 15.8 Å². The summed E-state index contributed by atoms with van der Waals surface area (Å²) in [6.45, 7) is 1.06. The summed E-state index contributed by atoms with van der Waals surface area (Å²) in [6.07, 6.45) is 3.93. The number of carbonyl (C=O) groups is 1. The average molecular weight is 408 g/mol. The molecule has 0 radical (unpaired) electrons. The van der Waals surface area contributed by atoms with E-state index in [0.29, 0.717) is 41.7 Å². The molecule has 1 saturated heterocycles. The van der Waals surface area contributed by atoms with Crippen molar-refractivity contribution in [3.63, 3.8) is 0 Å². The number of hydrogen-bond acceptors (Lipinski definition) is 5. The Balaban J connectivity index is 1.73. The van der Waals surface area contributed by atoms with E-state index in [2.05, 4.69) is 20.9 Å². The number of halogens is 2. The maximum absolute atomic E-state index is 13.0. The first-order valence-corrected chi connectivity index (χ1v) is 8.59. The maximum atomic E-state index is 13.0. The normalized spacial score (nSPS) is 15.2. The summed E-state index contributed by atoms with van der Waals surface area (Å²) in [4.78, 5) is 29.1. The van der Waals surface area contributed by atoms with E-state index in [4.69, 9.17) is 0 Å². The molecule has 3 rings (SSSR count). The van der Waals surface area contributed by atoms with E-state index in [1.165, 1.54) is 36.7 Å². The molecule has 1 aromatic heterocycles. The van der Waals surface area contributed by atoms with Crippen LogP contribution in [0.3, 0.4) is 0 Å². The zero-order valence-electron chi connectivity index (χ0n) is 13.2. The molecular formula is C17H15BrFN3O3. The summed E-state index contributed by atoms with van der Waals surface area (Å²) in [6, 6.07) is 5.54. The Labute approximate surface area is 151 Å². The lowest BCUT2D eigenvalue weighted by Gasteiger charge is -2.33. The van der Waals surface area contributed by atoms with E-state index in [0.717, 1.165) is 0 Å². The van der Waals surface area contributed by atoms with E-state index in [-0.39, 0.29) is 23.2 Å². The van der Waals surface area contributed by atoms with E-state index in [1.807, 2.05) is 4.90 Å². The standard InChI is InChI=1S/C17H15BrFN3O3/c18-14-9-20-10-15(22(24)25)16(14)21-7-5-12(6-8-21)17(23)11-1-3-13(19)4-2-11/h1-4,9-10,12H,5-8H2. The van der Waals surface area contributed by atoms with Gasteiger partial charge in [0.25, 0.3) is 0 Å². The monoisotopic (exact) mass is 407 g/mol. The molecule has 1 aliphatic heterocycles. The van der Waals surface area contributed by atoms with Gasteiger partial charge in [-0.3, -0.25) is 19.9 Å². The number of hydrogen-bond donors (Lipinski definition) is 0. The molecule has 0 bridgehead atoms. The second-order valence-electron chi connectivity index (χ2n) is 5.88. The molecule has 0 N–H and O–H groups in total. The number of Topliss-reactive ketones (excluding diaryl/α,β-unsaturated/α-hetero) is 1. The highest BCUT2D eigenvalue weighted by Gasteiger charge is 2.30. The van der Waals surface area contributed by atoms with Crippen LogP contribution in [-0.4, -0.2) is 28.8 Å². The Morgan fingerprint density at radius 2 is 1.88 bits per heavy atom. The number of nitro groups is 1. The number of rotatable bonds is 4. The fourth-order valence-electron chi connectivity index (χ4n) is 3.08. The molecule has 6 nitrogen and oxygen atoms in total. The number of ketones is 1. The number of carbonyl (C=O) groups excluding carboxylic acids is 1. The minimum Gasteiger partial charge on any atom is -0.365 e. The average Bonchev–Trinajstić information content (AvgIpc) is 2.61. The molecule has 130 valence electrons. The third kappa shape index (κ3) is 3.68. The molecule has 0 unspecified atom stereocenters. The number of aromatic nitrogens is 1. The topological polar surface area (TPSA) is 76.3 Å². The summed E-state index contributed by atoms with van der Waals surface area (Å²) >= 11 is 3.33. The van der Waals surface area contributed by atoms with Gasteiger partial charge in [0.05, 0.1) is 9.40 Å². The zero-order valence-corrected chi connectivity index (χ0v) is 14.8. The van der Waals surface area contributed by atoms with Crippen molar-refractivity contribution in [3.05, 3.63) is 62.6 Å². The zero-order chi connectivity index (χ0) is 18.0. The van der Waals surface area contributed by atoms with Crippen LogP contribution in [-0.2, 0) is 0 Å². The van der Waals surface area contributed by atoms with Crippen LogP contribution in [0.15, 0.2) is 41.1 Å². The van der Waals surface area contributed by atoms with Crippen LogP contribution < -0.4 is 4.90 Å². The predicted molar refractivity (Wildman–Crippen MR) is 94.3 cm³/mol. The fraction of sp³-hybridized carbons (Fsp3) is 0.294. The van der Waals surface area contributed by atoms with E-state index in [9.17, 15) is 19.3 Å².